The number of ether oxygens (including phenoxy) is 1. The summed E-state index contributed by atoms with van der Waals surface area (Å²) in [6.07, 6.45) is 3.06. The fraction of sp³-hybridized carbons (Fsp3) is 0.385. The van der Waals surface area contributed by atoms with Gasteiger partial charge in [-0.2, -0.15) is 0 Å². The molecule has 1 atom stereocenters. The van der Waals surface area contributed by atoms with E-state index in [4.69, 9.17) is 4.74 Å². The number of aliphatic hydroxyl groups excluding tert-OH is 1. The Labute approximate surface area is 105 Å². The molecule has 1 N–H and O–H groups in total. The zero-order valence-electron chi connectivity index (χ0n) is 10.2. The van der Waals surface area contributed by atoms with Crippen LogP contribution >= 0.6 is 0 Å². The Morgan fingerprint density at radius 2 is 2.39 bits per heavy atom. The molecule has 0 saturated carbocycles. The van der Waals surface area contributed by atoms with E-state index in [1.807, 2.05) is 29.8 Å². The molecule has 5 heteroatoms. The number of hydrogen-bond donors (Lipinski definition) is 1. The van der Waals surface area contributed by atoms with Gasteiger partial charge in [0.25, 0.3) is 0 Å². The first-order valence-electron chi connectivity index (χ1n) is 6.00. The monoisotopic (exact) mass is 245 g/mol. The Balaban J connectivity index is 1.73. The van der Waals surface area contributed by atoms with Crippen LogP contribution < -0.4 is 4.74 Å². The van der Waals surface area contributed by atoms with Crippen LogP contribution in [0.2, 0.25) is 0 Å². The van der Waals surface area contributed by atoms with Crippen molar-refractivity contribution in [2.24, 2.45) is 7.05 Å². The molecule has 1 heterocycles. The number of rotatable bonds is 3. The van der Waals surface area contributed by atoms with Gasteiger partial charge in [-0.3, -0.25) is 0 Å². The maximum absolute atomic E-state index is 9.73. The molecule has 0 saturated heterocycles. The second-order valence-electron chi connectivity index (χ2n) is 4.56. The number of aryl methyl sites for hydroxylation is 2. The van der Waals surface area contributed by atoms with Gasteiger partial charge in [-0.1, -0.05) is 6.07 Å². The maximum atomic E-state index is 9.73. The van der Waals surface area contributed by atoms with E-state index in [1.165, 1.54) is 5.56 Å². The highest BCUT2D eigenvalue weighted by Crippen LogP contribution is 2.33. The molecule has 0 fully saturated rings. The number of benzene rings is 1. The first kappa shape index (κ1) is 11.2. The summed E-state index contributed by atoms with van der Waals surface area (Å²) in [4.78, 5) is 0. The van der Waals surface area contributed by atoms with Crippen LogP contribution in [0.15, 0.2) is 24.5 Å². The number of aliphatic hydroxyl groups is 1. The Kier molecular flexibility index (Phi) is 2.76. The number of hydrogen-bond acceptors (Lipinski definition) is 4. The maximum Gasteiger partial charge on any atom is 0.170 e. The normalized spacial score (nSPS) is 17.8. The average Bonchev–Trinajstić information content (AvgIpc) is 2.94. The molecule has 3 rings (SSSR count). The van der Waals surface area contributed by atoms with Crippen molar-refractivity contribution in [3.05, 3.63) is 41.5 Å². The standard InChI is InChI=1S/C13H15N3O2/c1-16-8-14-15-13(16)7-18-10-3-4-11-9(6-10)2-5-12(11)17/h3-4,6,8,12,17H,2,5,7H2,1H3. The lowest BCUT2D eigenvalue weighted by molar-refractivity contribution is 0.180. The van der Waals surface area contributed by atoms with Crippen molar-refractivity contribution in [2.75, 3.05) is 0 Å². The van der Waals surface area contributed by atoms with E-state index >= 15 is 0 Å². The molecule has 0 aliphatic heterocycles. The summed E-state index contributed by atoms with van der Waals surface area (Å²) in [6, 6.07) is 5.84. The number of aromatic nitrogens is 3. The molecule has 5 nitrogen and oxygen atoms in total. The van der Waals surface area contributed by atoms with Crippen molar-refractivity contribution in [1.29, 1.82) is 0 Å². The molecule has 0 spiro atoms. The summed E-state index contributed by atoms with van der Waals surface area (Å²) in [5.41, 5.74) is 2.21. The highest BCUT2D eigenvalue weighted by molar-refractivity contribution is 5.39. The highest BCUT2D eigenvalue weighted by atomic mass is 16.5. The minimum atomic E-state index is -0.312. The Morgan fingerprint density at radius 3 is 3.17 bits per heavy atom. The fourth-order valence-electron chi connectivity index (χ4n) is 2.25. The summed E-state index contributed by atoms with van der Waals surface area (Å²) in [5.74, 6) is 1.60. The Morgan fingerprint density at radius 1 is 1.50 bits per heavy atom. The quantitative estimate of drug-likeness (QED) is 0.887. The summed E-state index contributed by atoms with van der Waals surface area (Å²) in [7, 11) is 1.89. The topological polar surface area (TPSA) is 60.2 Å². The van der Waals surface area contributed by atoms with Crippen LogP contribution in [0.3, 0.4) is 0 Å². The van der Waals surface area contributed by atoms with Crippen LogP contribution in [-0.4, -0.2) is 19.9 Å². The molecule has 2 aromatic rings. The summed E-state index contributed by atoms with van der Waals surface area (Å²) < 4.78 is 7.52. The molecule has 0 amide bonds. The van der Waals surface area contributed by atoms with E-state index in [0.29, 0.717) is 6.61 Å². The molecule has 1 unspecified atom stereocenters. The smallest absolute Gasteiger partial charge is 0.170 e. The zero-order chi connectivity index (χ0) is 12.5. The van der Waals surface area contributed by atoms with Gasteiger partial charge in [0.05, 0.1) is 6.10 Å². The lowest BCUT2D eigenvalue weighted by Crippen LogP contribution is -2.03. The van der Waals surface area contributed by atoms with Crippen LogP contribution in [0, 0.1) is 0 Å². The van der Waals surface area contributed by atoms with E-state index in [1.54, 1.807) is 6.33 Å². The predicted molar refractivity (Wildman–Crippen MR) is 65.1 cm³/mol. The summed E-state index contributed by atoms with van der Waals surface area (Å²) >= 11 is 0. The molecule has 1 aromatic carbocycles. The molecule has 94 valence electrons. The predicted octanol–water partition coefficient (Wildman–Crippen LogP) is 1.37. The van der Waals surface area contributed by atoms with E-state index in [0.717, 1.165) is 30.0 Å². The largest absolute Gasteiger partial charge is 0.486 e. The van der Waals surface area contributed by atoms with Gasteiger partial charge in [-0.25, -0.2) is 0 Å². The van der Waals surface area contributed by atoms with Crippen molar-refractivity contribution in [3.8, 4) is 5.75 Å². The lowest BCUT2D eigenvalue weighted by atomic mass is 10.1. The molecule has 0 bridgehead atoms. The molecule has 18 heavy (non-hydrogen) atoms. The molecule has 1 aliphatic carbocycles. The van der Waals surface area contributed by atoms with Crippen LogP contribution in [0.4, 0.5) is 0 Å². The van der Waals surface area contributed by atoms with Crippen LogP contribution in [0.25, 0.3) is 0 Å². The van der Waals surface area contributed by atoms with Gasteiger partial charge in [0.2, 0.25) is 0 Å². The van der Waals surface area contributed by atoms with Crippen molar-refractivity contribution in [3.63, 3.8) is 0 Å². The SMILES string of the molecule is Cn1cnnc1COc1ccc2c(c1)CCC2O. The zero-order valence-corrected chi connectivity index (χ0v) is 10.2. The van der Waals surface area contributed by atoms with Gasteiger partial charge in [-0.05, 0) is 36.1 Å². The second kappa shape index (κ2) is 4.42. The minimum Gasteiger partial charge on any atom is -0.486 e. The summed E-state index contributed by atoms with van der Waals surface area (Å²) in [6.45, 7) is 0.401. The highest BCUT2D eigenvalue weighted by Gasteiger charge is 2.20. The van der Waals surface area contributed by atoms with Gasteiger partial charge in [-0.15, -0.1) is 10.2 Å². The summed E-state index contributed by atoms with van der Waals surface area (Å²) in [5, 5.41) is 17.5. The molecule has 1 aliphatic rings. The van der Waals surface area contributed by atoms with Crippen LogP contribution in [0.1, 0.15) is 29.5 Å². The third-order valence-electron chi connectivity index (χ3n) is 3.33. The van der Waals surface area contributed by atoms with Gasteiger partial charge in [0.15, 0.2) is 5.82 Å². The molecule has 1 aromatic heterocycles. The van der Waals surface area contributed by atoms with Crippen LogP contribution in [-0.2, 0) is 20.1 Å². The van der Waals surface area contributed by atoms with Crippen molar-refractivity contribution in [2.45, 2.75) is 25.6 Å². The minimum absolute atomic E-state index is 0.312. The van der Waals surface area contributed by atoms with E-state index in [-0.39, 0.29) is 6.10 Å². The molecular formula is C13H15N3O2. The second-order valence-corrected chi connectivity index (χ2v) is 4.56. The Hall–Kier alpha value is -1.88. The van der Waals surface area contributed by atoms with Gasteiger partial charge in [0, 0.05) is 7.05 Å². The lowest BCUT2D eigenvalue weighted by Gasteiger charge is -2.08. The third-order valence-corrected chi connectivity index (χ3v) is 3.33. The van der Waals surface area contributed by atoms with Gasteiger partial charge >= 0.3 is 0 Å². The molecular weight excluding hydrogens is 230 g/mol. The van der Waals surface area contributed by atoms with Crippen LogP contribution in [0.5, 0.6) is 5.75 Å². The van der Waals surface area contributed by atoms with E-state index in [2.05, 4.69) is 10.2 Å². The Bertz CT molecular complexity index is 565. The first-order chi connectivity index (χ1) is 8.74. The molecule has 0 radical (unpaired) electrons. The van der Waals surface area contributed by atoms with E-state index < -0.39 is 0 Å². The van der Waals surface area contributed by atoms with Gasteiger partial charge < -0.3 is 14.4 Å². The van der Waals surface area contributed by atoms with Crippen molar-refractivity contribution >= 4 is 0 Å². The van der Waals surface area contributed by atoms with Crippen molar-refractivity contribution < 1.29 is 9.84 Å². The van der Waals surface area contributed by atoms with Crippen molar-refractivity contribution in [1.82, 2.24) is 14.8 Å². The van der Waals surface area contributed by atoms with Gasteiger partial charge in [0.1, 0.15) is 18.7 Å². The fourth-order valence-corrected chi connectivity index (χ4v) is 2.25. The average molecular weight is 245 g/mol. The number of nitrogens with zero attached hydrogens (tertiary/aromatic N) is 3. The van der Waals surface area contributed by atoms with E-state index in [9.17, 15) is 5.11 Å². The number of fused-ring (bicyclic) bond motifs is 1. The third kappa shape index (κ3) is 1.97. The first-order valence-corrected chi connectivity index (χ1v) is 6.00.